The van der Waals surface area contributed by atoms with Crippen molar-refractivity contribution in [2.75, 3.05) is 0 Å². The number of rotatable bonds is 2. The molecule has 0 amide bonds. The van der Waals surface area contributed by atoms with Crippen LogP contribution in [0.4, 0.5) is 13.2 Å². The maximum Gasteiger partial charge on any atom is 0.443 e. The zero-order chi connectivity index (χ0) is 14.3. The van der Waals surface area contributed by atoms with Gasteiger partial charge in [0.15, 0.2) is 5.01 Å². The molecule has 2 N–H and O–H groups in total. The molecule has 106 valence electrons. The number of hydrogen-bond donors (Lipinski definition) is 1. The van der Waals surface area contributed by atoms with Crippen LogP contribution in [0.2, 0.25) is 0 Å². The van der Waals surface area contributed by atoms with Gasteiger partial charge in [-0.15, -0.1) is 11.3 Å². The van der Waals surface area contributed by atoms with E-state index in [-0.39, 0.29) is 5.92 Å². The van der Waals surface area contributed by atoms with E-state index >= 15 is 0 Å². The molecule has 0 aliphatic heterocycles. The van der Waals surface area contributed by atoms with Gasteiger partial charge < -0.3 is 5.73 Å². The van der Waals surface area contributed by atoms with E-state index in [1.54, 1.807) is 0 Å². The minimum atomic E-state index is -4.39. The van der Waals surface area contributed by atoms with E-state index in [2.05, 4.69) is 11.1 Å². The van der Waals surface area contributed by atoms with Gasteiger partial charge in [0, 0.05) is 23.0 Å². The smallest absolute Gasteiger partial charge is 0.323 e. The summed E-state index contributed by atoms with van der Waals surface area (Å²) in [6.07, 6.45) is -1.32. The zero-order valence-electron chi connectivity index (χ0n) is 10.5. The average Bonchev–Trinajstić information content (AvgIpc) is 3.04. The second-order valence-electron chi connectivity index (χ2n) is 4.94. The highest BCUT2D eigenvalue weighted by Gasteiger charge is 2.36. The Morgan fingerprint density at radius 2 is 2.05 bits per heavy atom. The fraction of sp³-hybridized carbons (Fsp3) is 0.357. The second kappa shape index (κ2) is 4.86. The van der Waals surface area contributed by atoms with Crippen LogP contribution in [0.5, 0.6) is 0 Å². The number of halogens is 3. The Labute approximate surface area is 118 Å². The lowest BCUT2D eigenvalue weighted by atomic mass is 9.93. The molecule has 2 nitrogen and oxygen atoms in total. The molecule has 3 rings (SSSR count). The molecule has 2 atom stereocenters. The predicted octanol–water partition coefficient (Wildman–Crippen LogP) is 3.89. The quantitative estimate of drug-likeness (QED) is 0.913. The molecule has 0 saturated heterocycles. The maximum atomic E-state index is 12.6. The van der Waals surface area contributed by atoms with Crippen LogP contribution in [0.15, 0.2) is 30.5 Å². The predicted molar refractivity (Wildman–Crippen MR) is 71.5 cm³/mol. The zero-order valence-corrected chi connectivity index (χ0v) is 11.3. The molecule has 1 heterocycles. The summed E-state index contributed by atoms with van der Waals surface area (Å²) in [7, 11) is 0. The number of thiazole rings is 1. The number of nitrogens with two attached hydrogens (primary N) is 1. The first-order valence-corrected chi connectivity index (χ1v) is 7.15. The Balaban J connectivity index is 1.87. The summed E-state index contributed by atoms with van der Waals surface area (Å²) in [6, 6.07) is 7.56. The number of aromatic nitrogens is 1. The first kappa shape index (κ1) is 13.6. The van der Waals surface area contributed by atoms with E-state index in [9.17, 15) is 13.2 Å². The van der Waals surface area contributed by atoms with Crippen LogP contribution in [-0.2, 0) is 12.6 Å². The highest BCUT2D eigenvalue weighted by Crippen LogP contribution is 2.43. The van der Waals surface area contributed by atoms with Crippen LogP contribution in [0, 0.1) is 0 Å². The number of hydrogen-bond acceptors (Lipinski definition) is 3. The van der Waals surface area contributed by atoms with E-state index in [0.717, 1.165) is 18.4 Å². The number of aryl methyl sites for hydroxylation is 1. The number of nitrogens with zero attached hydrogens (tertiary/aromatic N) is 1. The molecule has 2 unspecified atom stereocenters. The maximum absolute atomic E-state index is 12.6. The van der Waals surface area contributed by atoms with Crippen LogP contribution in [0.25, 0.3) is 0 Å². The van der Waals surface area contributed by atoms with Crippen molar-refractivity contribution in [2.24, 2.45) is 5.73 Å². The third kappa shape index (κ3) is 2.33. The van der Waals surface area contributed by atoms with Gasteiger partial charge in [0.05, 0.1) is 0 Å². The SMILES string of the molecule is NC(c1cnc(C(F)(F)F)s1)C1CCc2ccccc21. The second-order valence-corrected chi connectivity index (χ2v) is 6.00. The van der Waals surface area contributed by atoms with E-state index in [4.69, 9.17) is 5.73 Å². The van der Waals surface area contributed by atoms with Gasteiger partial charge in [-0.05, 0) is 24.0 Å². The molecule has 20 heavy (non-hydrogen) atoms. The summed E-state index contributed by atoms with van der Waals surface area (Å²) in [5.41, 5.74) is 8.57. The Morgan fingerprint density at radius 3 is 2.75 bits per heavy atom. The minimum absolute atomic E-state index is 0.0766. The van der Waals surface area contributed by atoms with Crippen molar-refractivity contribution in [2.45, 2.75) is 31.0 Å². The molecule has 0 spiro atoms. The lowest BCUT2D eigenvalue weighted by Crippen LogP contribution is -2.17. The van der Waals surface area contributed by atoms with Crippen molar-refractivity contribution in [1.29, 1.82) is 0 Å². The van der Waals surface area contributed by atoms with Crippen molar-refractivity contribution >= 4 is 11.3 Å². The van der Waals surface area contributed by atoms with Gasteiger partial charge in [0.2, 0.25) is 0 Å². The van der Waals surface area contributed by atoms with Gasteiger partial charge in [0.25, 0.3) is 0 Å². The average molecular weight is 298 g/mol. The van der Waals surface area contributed by atoms with E-state index in [1.165, 1.54) is 11.8 Å². The largest absolute Gasteiger partial charge is 0.443 e. The monoisotopic (exact) mass is 298 g/mol. The van der Waals surface area contributed by atoms with Crippen LogP contribution >= 0.6 is 11.3 Å². The van der Waals surface area contributed by atoms with Gasteiger partial charge in [-0.1, -0.05) is 24.3 Å². The molecular weight excluding hydrogens is 285 g/mol. The minimum Gasteiger partial charge on any atom is -0.323 e. The van der Waals surface area contributed by atoms with Gasteiger partial charge in [-0.25, -0.2) is 4.98 Å². The summed E-state index contributed by atoms with van der Waals surface area (Å²) in [6.45, 7) is 0. The normalized spacial score (nSPS) is 19.9. The summed E-state index contributed by atoms with van der Waals surface area (Å²) < 4.78 is 37.8. The highest BCUT2D eigenvalue weighted by atomic mass is 32.1. The van der Waals surface area contributed by atoms with Crippen LogP contribution < -0.4 is 5.73 Å². The number of fused-ring (bicyclic) bond motifs is 1. The molecule has 1 aromatic heterocycles. The summed E-state index contributed by atoms with van der Waals surface area (Å²) in [5.74, 6) is 0.0766. The molecule has 1 aliphatic carbocycles. The lowest BCUT2D eigenvalue weighted by Gasteiger charge is -2.18. The lowest BCUT2D eigenvalue weighted by molar-refractivity contribution is -0.137. The van der Waals surface area contributed by atoms with Crippen molar-refractivity contribution in [1.82, 2.24) is 4.98 Å². The molecule has 6 heteroatoms. The molecular formula is C14H13F3N2S. The van der Waals surface area contributed by atoms with E-state index < -0.39 is 17.2 Å². The fourth-order valence-electron chi connectivity index (χ4n) is 2.73. The molecule has 2 aromatic rings. The third-order valence-corrected chi connectivity index (χ3v) is 4.85. The third-order valence-electron chi connectivity index (χ3n) is 3.71. The van der Waals surface area contributed by atoms with Crippen LogP contribution in [-0.4, -0.2) is 4.98 Å². The van der Waals surface area contributed by atoms with Crippen molar-refractivity contribution in [3.63, 3.8) is 0 Å². The summed E-state index contributed by atoms with van der Waals surface area (Å²) in [4.78, 5) is 3.95. The van der Waals surface area contributed by atoms with Gasteiger partial charge >= 0.3 is 6.18 Å². The first-order chi connectivity index (χ1) is 9.47. The van der Waals surface area contributed by atoms with Gasteiger partial charge in [-0.3, -0.25) is 0 Å². The van der Waals surface area contributed by atoms with Crippen molar-refractivity contribution < 1.29 is 13.2 Å². The fourth-order valence-corrected chi connectivity index (χ4v) is 3.58. The summed E-state index contributed by atoms with van der Waals surface area (Å²) in [5, 5.41) is -0.825. The molecule has 0 radical (unpaired) electrons. The molecule has 0 saturated carbocycles. The molecule has 0 bridgehead atoms. The summed E-state index contributed by atoms with van der Waals surface area (Å²) >= 11 is 0.648. The van der Waals surface area contributed by atoms with E-state index in [1.807, 2.05) is 18.2 Å². The van der Waals surface area contributed by atoms with E-state index in [0.29, 0.717) is 16.2 Å². The van der Waals surface area contributed by atoms with Crippen molar-refractivity contribution in [3.05, 3.63) is 51.5 Å². The number of benzene rings is 1. The van der Waals surface area contributed by atoms with Crippen molar-refractivity contribution in [3.8, 4) is 0 Å². The highest BCUT2D eigenvalue weighted by molar-refractivity contribution is 7.11. The van der Waals surface area contributed by atoms with Crippen LogP contribution in [0.1, 0.15) is 39.4 Å². The molecule has 0 fully saturated rings. The molecule has 1 aromatic carbocycles. The Bertz CT molecular complexity index is 621. The molecule has 1 aliphatic rings. The first-order valence-electron chi connectivity index (χ1n) is 6.33. The Hall–Kier alpha value is -1.40. The Morgan fingerprint density at radius 1 is 1.30 bits per heavy atom. The van der Waals surface area contributed by atoms with Crippen LogP contribution in [0.3, 0.4) is 0 Å². The standard InChI is InChI=1S/C14H13F3N2S/c15-14(16,17)13-19-7-11(20-13)12(18)10-6-5-8-3-1-2-4-9(8)10/h1-4,7,10,12H,5-6,18H2. The van der Waals surface area contributed by atoms with Gasteiger partial charge in [-0.2, -0.15) is 13.2 Å². The Kier molecular flexibility index (Phi) is 3.30. The van der Waals surface area contributed by atoms with Gasteiger partial charge in [0.1, 0.15) is 0 Å². The topological polar surface area (TPSA) is 38.9 Å². The number of alkyl halides is 3.